The second kappa shape index (κ2) is 7.13. The molecule has 0 radical (unpaired) electrons. The molecule has 2 saturated heterocycles. The number of hydrogen-bond acceptors (Lipinski definition) is 2. The lowest BCUT2D eigenvalue weighted by atomic mass is 9.81. The molecule has 0 atom stereocenters. The first-order valence-electron chi connectivity index (χ1n) is 9.27. The summed E-state index contributed by atoms with van der Waals surface area (Å²) in [5.74, 6) is 2.69. The Morgan fingerprint density at radius 3 is 1.95 bits per heavy atom. The van der Waals surface area contributed by atoms with Crippen molar-refractivity contribution in [2.24, 2.45) is 17.8 Å². The van der Waals surface area contributed by atoms with Gasteiger partial charge in [-0.3, -0.25) is 4.79 Å². The predicted octanol–water partition coefficient (Wildman–Crippen LogP) is 3.15. The highest BCUT2D eigenvalue weighted by Gasteiger charge is 2.32. The second-order valence-corrected chi connectivity index (χ2v) is 7.51. The van der Waals surface area contributed by atoms with E-state index in [4.69, 9.17) is 0 Å². The Bertz CT molecular complexity index is 337. The van der Waals surface area contributed by atoms with Crippen LogP contribution in [-0.4, -0.2) is 48.4 Å². The van der Waals surface area contributed by atoms with E-state index in [-0.39, 0.29) is 0 Å². The monoisotopic (exact) mass is 292 g/mol. The van der Waals surface area contributed by atoms with Crippen molar-refractivity contribution in [2.75, 3.05) is 32.7 Å². The molecule has 0 aromatic rings. The van der Waals surface area contributed by atoms with Gasteiger partial charge in [-0.2, -0.15) is 0 Å². The highest BCUT2D eigenvalue weighted by atomic mass is 16.2. The van der Waals surface area contributed by atoms with E-state index in [0.29, 0.717) is 11.8 Å². The molecule has 1 saturated carbocycles. The largest absolute Gasteiger partial charge is 0.342 e. The molecule has 3 aliphatic rings. The summed E-state index contributed by atoms with van der Waals surface area (Å²) in [7, 11) is 0. The molecule has 0 bridgehead atoms. The zero-order valence-corrected chi connectivity index (χ0v) is 13.7. The summed E-state index contributed by atoms with van der Waals surface area (Å²) in [4.78, 5) is 17.0. The Hall–Kier alpha value is -0.570. The van der Waals surface area contributed by atoms with Gasteiger partial charge in [-0.15, -0.1) is 0 Å². The summed E-state index contributed by atoms with van der Waals surface area (Å²) in [6.07, 6.45) is 10.3. The molecule has 1 aliphatic carbocycles. The molecule has 0 N–H and O–H groups in total. The molecule has 120 valence electrons. The van der Waals surface area contributed by atoms with Gasteiger partial charge in [-0.1, -0.05) is 13.3 Å². The SMILES string of the molecule is CCN1CCC(CC2CCN(C(=O)C3CCC3)CC2)CC1. The van der Waals surface area contributed by atoms with E-state index in [1.165, 1.54) is 58.2 Å². The fraction of sp³-hybridized carbons (Fsp3) is 0.944. The lowest BCUT2D eigenvalue weighted by Crippen LogP contribution is -2.44. The smallest absolute Gasteiger partial charge is 0.225 e. The highest BCUT2D eigenvalue weighted by Crippen LogP contribution is 2.33. The first-order valence-corrected chi connectivity index (χ1v) is 9.27. The normalized spacial score (nSPS) is 26.8. The van der Waals surface area contributed by atoms with Crippen molar-refractivity contribution < 1.29 is 4.79 Å². The van der Waals surface area contributed by atoms with Crippen LogP contribution in [0.2, 0.25) is 0 Å². The average Bonchev–Trinajstić information content (AvgIpc) is 2.47. The molecule has 0 spiro atoms. The summed E-state index contributed by atoms with van der Waals surface area (Å²) >= 11 is 0. The zero-order valence-electron chi connectivity index (χ0n) is 13.7. The van der Waals surface area contributed by atoms with Crippen LogP contribution in [0.3, 0.4) is 0 Å². The van der Waals surface area contributed by atoms with Gasteiger partial charge < -0.3 is 9.80 Å². The number of nitrogens with zero attached hydrogens (tertiary/aromatic N) is 2. The van der Waals surface area contributed by atoms with E-state index in [1.54, 1.807) is 0 Å². The predicted molar refractivity (Wildman–Crippen MR) is 86.1 cm³/mol. The van der Waals surface area contributed by atoms with E-state index >= 15 is 0 Å². The van der Waals surface area contributed by atoms with Crippen LogP contribution in [0.25, 0.3) is 0 Å². The van der Waals surface area contributed by atoms with Gasteiger partial charge in [-0.25, -0.2) is 0 Å². The number of carbonyl (C=O) groups excluding carboxylic acids is 1. The first kappa shape index (κ1) is 15.3. The van der Waals surface area contributed by atoms with Crippen LogP contribution in [0, 0.1) is 17.8 Å². The summed E-state index contributed by atoms with van der Waals surface area (Å²) in [5, 5.41) is 0. The van der Waals surface area contributed by atoms with E-state index in [2.05, 4.69) is 16.7 Å². The molecule has 21 heavy (non-hydrogen) atoms. The van der Waals surface area contributed by atoms with Crippen LogP contribution in [0.5, 0.6) is 0 Å². The average molecular weight is 292 g/mol. The van der Waals surface area contributed by atoms with Gasteiger partial charge in [0.25, 0.3) is 0 Å². The van der Waals surface area contributed by atoms with Crippen molar-refractivity contribution >= 4 is 5.91 Å². The molecule has 3 fully saturated rings. The van der Waals surface area contributed by atoms with Crippen LogP contribution in [0.15, 0.2) is 0 Å². The molecule has 3 heteroatoms. The van der Waals surface area contributed by atoms with Gasteiger partial charge in [0.2, 0.25) is 5.91 Å². The molecule has 3 nitrogen and oxygen atoms in total. The summed E-state index contributed by atoms with van der Waals surface area (Å²) in [5.41, 5.74) is 0. The molecule has 3 rings (SSSR count). The standard InChI is InChI=1S/C18H32N2O/c1-2-19-10-6-15(7-11-19)14-16-8-12-20(13-9-16)18(21)17-4-3-5-17/h15-17H,2-14H2,1H3. The van der Waals surface area contributed by atoms with Gasteiger partial charge >= 0.3 is 0 Å². The number of amides is 1. The maximum absolute atomic E-state index is 12.3. The summed E-state index contributed by atoms with van der Waals surface area (Å²) in [6, 6.07) is 0. The molecule has 0 unspecified atom stereocenters. The molecule has 2 heterocycles. The van der Waals surface area contributed by atoms with Crippen LogP contribution in [-0.2, 0) is 4.79 Å². The van der Waals surface area contributed by atoms with Gasteiger partial charge in [0.1, 0.15) is 0 Å². The molecule has 1 amide bonds. The van der Waals surface area contributed by atoms with Crippen LogP contribution in [0.1, 0.15) is 58.3 Å². The van der Waals surface area contributed by atoms with Crippen LogP contribution >= 0.6 is 0 Å². The summed E-state index contributed by atoms with van der Waals surface area (Å²) in [6.45, 7) is 8.17. The van der Waals surface area contributed by atoms with E-state index in [1.807, 2.05) is 0 Å². The minimum absolute atomic E-state index is 0.389. The van der Waals surface area contributed by atoms with Crippen LogP contribution in [0.4, 0.5) is 0 Å². The third-order valence-corrected chi connectivity index (χ3v) is 6.20. The minimum Gasteiger partial charge on any atom is -0.342 e. The molecule has 2 aliphatic heterocycles. The molecular weight excluding hydrogens is 260 g/mol. The van der Waals surface area contributed by atoms with Crippen LogP contribution < -0.4 is 0 Å². The van der Waals surface area contributed by atoms with Gasteiger partial charge in [0.15, 0.2) is 0 Å². The Kier molecular flexibility index (Phi) is 5.20. The Labute approximate surface area is 130 Å². The topological polar surface area (TPSA) is 23.6 Å². The number of rotatable bonds is 4. The lowest BCUT2D eigenvalue weighted by molar-refractivity contribution is -0.139. The Morgan fingerprint density at radius 1 is 0.905 bits per heavy atom. The maximum Gasteiger partial charge on any atom is 0.225 e. The number of hydrogen-bond donors (Lipinski definition) is 0. The van der Waals surface area contributed by atoms with E-state index in [9.17, 15) is 4.79 Å². The van der Waals surface area contributed by atoms with E-state index in [0.717, 1.165) is 37.8 Å². The Morgan fingerprint density at radius 2 is 1.48 bits per heavy atom. The highest BCUT2D eigenvalue weighted by molar-refractivity contribution is 5.79. The minimum atomic E-state index is 0.389. The fourth-order valence-electron chi connectivity index (χ4n) is 4.31. The second-order valence-electron chi connectivity index (χ2n) is 7.51. The Balaban J connectivity index is 1.37. The molecule has 0 aromatic carbocycles. The van der Waals surface area contributed by atoms with Crippen molar-refractivity contribution in [3.8, 4) is 0 Å². The number of likely N-dealkylation sites (tertiary alicyclic amines) is 2. The summed E-state index contributed by atoms with van der Waals surface area (Å²) < 4.78 is 0. The van der Waals surface area contributed by atoms with Gasteiger partial charge in [-0.05, 0) is 76.4 Å². The fourth-order valence-corrected chi connectivity index (χ4v) is 4.31. The molecule has 0 aromatic heterocycles. The van der Waals surface area contributed by atoms with Gasteiger partial charge in [0, 0.05) is 19.0 Å². The first-order chi connectivity index (χ1) is 10.3. The van der Waals surface area contributed by atoms with Crippen molar-refractivity contribution in [2.45, 2.75) is 58.3 Å². The molecular formula is C18H32N2O. The zero-order chi connectivity index (χ0) is 14.7. The maximum atomic E-state index is 12.3. The van der Waals surface area contributed by atoms with Gasteiger partial charge in [0.05, 0.1) is 0 Å². The van der Waals surface area contributed by atoms with Crippen molar-refractivity contribution in [1.29, 1.82) is 0 Å². The quantitative estimate of drug-likeness (QED) is 0.794. The van der Waals surface area contributed by atoms with Crippen molar-refractivity contribution in [3.63, 3.8) is 0 Å². The van der Waals surface area contributed by atoms with Crippen molar-refractivity contribution in [3.05, 3.63) is 0 Å². The third-order valence-electron chi connectivity index (χ3n) is 6.20. The van der Waals surface area contributed by atoms with Crippen molar-refractivity contribution in [1.82, 2.24) is 9.80 Å². The van der Waals surface area contributed by atoms with E-state index < -0.39 is 0 Å². The number of carbonyl (C=O) groups is 1. The lowest BCUT2D eigenvalue weighted by Gasteiger charge is -2.38. The number of piperidine rings is 2. The third kappa shape index (κ3) is 3.80.